The second kappa shape index (κ2) is 6.29. The first-order valence-corrected chi connectivity index (χ1v) is 13.8. The minimum Gasteiger partial charge on any atom is -0.461 e. The molecule has 10 atom stereocenters. The zero-order valence-corrected chi connectivity index (χ0v) is 22.1. The van der Waals surface area contributed by atoms with E-state index in [1.165, 1.54) is 32.1 Å². The molecule has 0 spiro atoms. The predicted molar refractivity (Wildman–Crippen MR) is 130 cm³/mol. The summed E-state index contributed by atoms with van der Waals surface area (Å²) < 4.78 is 6.03. The molecule has 0 aromatic carbocycles. The summed E-state index contributed by atoms with van der Waals surface area (Å²) in [6.07, 6.45) is 12.6. The first kappa shape index (κ1) is 22.6. The zero-order valence-electron chi connectivity index (χ0n) is 22.1. The lowest BCUT2D eigenvalue weighted by atomic mass is 9.33. The van der Waals surface area contributed by atoms with Crippen LogP contribution in [-0.4, -0.2) is 23.3 Å². The van der Waals surface area contributed by atoms with Crippen molar-refractivity contribution in [3.8, 4) is 0 Å². The van der Waals surface area contributed by atoms with E-state index in [-0.39, 0.29) is 50.7 Å². The third-order valence-electron chi connectivity index (χ3n) is 13.6. The van der Waals surface area contributed by atoms with Gasteiger partial charge in [0.1, 0.15) is 6.10 Å². The molecule has 4 saturated carbocycles. The molecule has 6 rings (SSSR count). The van der Waals surface area contributed by atoms with Gasteiger partial charge in [0.25, 0.3) is 0 Å². The van der Waals surface area contributed by atoms with Crippen LogP contribution in [0.5, 0.6) is 0 Å². The Bertz CT molecular complexity index is 935. The minimum absolute atomic E-state index is 0.000773. The Kier molecular flexibility index (Phi) is 4.31. The van der Waals surface area contributed by atoms with Gasteiger partial charge in [0.2, 0.25) is 0 Å². The fraction of sp³-hybridized carbons (Fsp3) is 0.900. The van der Waals surface area contributed by atoms with Gasteiger partial charge in [0.15, 0.2) is 0 Å². The molecule has 5 fully saturated rings. The lowest BCUT2D eigenvalue weighted by Crippen LogP contribution is -2.65. The molecule has 1 heterocycles. The summed E-state index contributed by atoms with van der Waals surface area (Å²) in [5.41, 5.74) is 2.25. The molecule has 33 heavy (non-hydrogen) atoms. The van der Waals surface area contributed by atoms with Crippen molar-refractivity contribution < 1.29 is 14.6 Å². The molecule has 184 valence electrons. The lowest BCUT2D eigenvalue weighted by molar-refractivity contribution is -0.204. The van der Waals surface area contributed by atoms with Gasteiger partial charge < -0.3 is 9.84 Å². The average Bonchev–Trinajstić information content (AvgIpc) is 3.00. The molecule has 3 nitrogen and oxygen atoms in total. The van der Waals surface area contributed by atoms with Gasteiger partial charge in [-0.3, -0.25) is 4.79 Å². The molecule has 1 N–H and O–H groups in total. The first-order valence-electron chi connectivity index (χ1n) is 13.8. The quantitative estimate of drug-likeness (QED) is 0.328. The largest absolute Gasteiger partial charge is 0.461 e. The van der Waals surface area contributed by atoms with E-state index in [0.29, 0.717) is 17.8 Å². The van der Waals surface area contributed by atoms with Gasteiger partial charge in [0.05, 0.1) is 11.5 Å². The van der Waals surface area contributed by atoms with Crippen LogP contribution in [0.1, 0.15) is 106 Å². The number of esters is 1. The van der Waals surface area contributed by atoms with Crippen LogP contribution in [0.2, 0.25) is 0 Å². The summed E-state index contributed by atoms with van der Waals surface area (Å²) in [4.78, 5) is 12.8. The van der Waals surface area contributed by atoms with Crippen molar-refractivity contribution >= 4 is 5.97 Å². The first-order chi connectivity index (χ1) is 15.2. The molecule has 1 saturated heterocycles. The molecule has 0 aromatic heterocycles. The molecule has 3 heteroatoms. The number of allylic oxidation sites excluding steroid dienone is 2. The second-order valence-corrected chi connectivity index (χ2v) is 15.1. The third kappa shape index (κ3) is 2.44. The topological polar surface area (TPSA) is 46.5 Å². The van der Waals surface area contributed by atoms with Crippen molar-refractivity contribution in [3.05, 3.63) is 11.6 Å². The summed E-state index contributed by atoms with van der Waals surface area (Å²) in [6.45, 7) is 17.1. The number of aliphatic hydroxyl groups is 1. The SMILES string of the molecule is CC1(C)[C@H]2CC[C@]3(C)[C@@H](CC=C4[C@@H]5C[C@]6(C)C[C@@H](OC6=O)[C@]5(C)CC[C@]43C)[C@@]2(C)CC[C@@H]1O. The molecule has 5 aliphatic carbocycles. The van der Waals surface area contributed by atoms with Crippen LogP contribution < -0.4 is 0 Å². The molecule has 6 aliphatic rings. The van der Waals surface area contributed by atoms with E-state index in [1.54, 1.807) is 5.57 Å². The van der Waals surface area contributed by atoms with Crippen LogP contribution in [-0.2, 0) is 9.53 Å². The number of aliphatic hydroxyl groups excluding tert-OH is 1. The minimum atomic E-state index is -0.293. The fourth-order valence-electron chi connectivity index (χ4n) is 11.1. The maximum absolute atomic E-state index is 12.8. The van der Waals surface area contributed by atoms with E-state index >= 15 is 0 Å². The van der Waals surface area contributed by atoms with Crippen molar-refractivity contribution in [1.82, 2.24) is 0 Å². The van der Waals surface area contributed by atoms with E-state index in [9.17, 15) is 9.90 Å². The highest BCUT2D eigenvalue weighted by Crippen LogP contribution is 2.76. The Hall–Kier alpha value is -0.830. The van der Waals surface area contributed by atoms with Crippen LogP contribution in [0, 0.1) is 50.2 Å². The maximum atomic E-state index is 12.8. The summed E-state index contributed by atoms with van der Waals surface area (Å²) in [5.74, 6) is 1.79. The molecule has 1 aliphatic heterocycles. The predicted octanol–water partition coefficient (Wildman–Crippen LogP) is 6.68. The Morgan fingerprint density at radius 1 is 0.879 bits per heavy atom. The monoisotopic (exact) mass is 454 g/mol. The van der Waals surface area contributed by atoms with Crippen molar-refractivity contribution in [1.29, 1.82) is 0 Å². The molecule has 0 radical (unpaired) electrons. The number of rotatable bonds is 0. The summed E-state index contributed by atoms with van der Waals surface area (Å²) in [6, 6.07) is 0. The van der Waals surface area contributed by atoms with Crippen LogP contribution in [0.3, 0.4) is 0 Å². The Morgan fingerprint density at radius 3 is 2.33 bits per heavy atom. The molecule has 0 amide bonds. The maximum Gasteiger partial charge on any atom is 0.312 e. The lowest BCUT2D eigenvalue weighted by Gasteiger charge is -2.71. The average molecular weight is 455 g/mol. The normalized spacial score (nSPS) is 58.8. The summed E-state index contributed by atoms with van der Waals surface area (Å²) >= 11 is 0. The number of ether oxygens (including phenoxy) is 1. The van der Waals surface area contributed by atoms with Gasteiger partial charge in [-0.05, 0) is 97.7 Å². The second-order valence-electron chi connectivity index (χ2n) is 15.1. The molecule has 0 unspecified atom stereocenters. The van der Waals surface area contributed by atoms with E-state index in [2.05, 4.69) is 54.5 Å². The van der Waals surface area contributed by atoms with E-state index in [4.69, 9.17) is 4.74 Å². The zero-order chi connectivity index (χ0) is 23.8. The van der Waals surface area contributed by atoms with Gasteiger partial charge in [-0.2, -0.15) is 0 Å². The van der Waals surface area contributed by atoms with Gasteiger partial charge >= 0.3 is 5.97 Å². The highest BCUT2D eigenvalue weighted by Gasteiger charge is 2.70. The smallest absolute Gasteiger partial charge is 0.312 e. The van der Waals surface area contributed by atoms with Gasteiger partial charge in [-0.15, -0.1) is 0 Å². The highest BCUT2D eigenvalue weighted by atomic mass is 16.6. The van der Waals surface area contributed by atoms with Crippen LogP contribution in [0.4, 0.5) is 0 Å². The van der Waals surface area contributed by atoms with Gasteiger partial charge in [-0.25, -0.2) is 0 Å². The summed E-state index contributed by atoms with van der Waals surface area (Å²) in [5, 5.41) is 10.9. The fourth-order valence-corrected chi connectivity index (χ4v) is 11.1. The molecular weight excluding hydrogens is 408 g/mol. The Balaban J connectivity index is 1.43. The van der Waals surface area contributed by atoms with E-state index in [0.717, 1.165) is 25.7 Å². The Morgan fingerprint density at radius 2 is 1.61 bits per heavy atom. The van der Waals surface area contributed by atoms with Crippen molar-refractivity contribution in [2.24, 2.45) is 50.2 Å². The van der Waals surface area contributed by atoms with Crippen LogP contribution >= 0.6 is 0 Å². The number of hydrogen-bond donors (Lipinski definition) is 1. The standard InChI is InChI=1S/C30H46O3/c1-25(2)20-10-13-30(7)21(28(20,5)12-11-22(25)31)9-8-18-19-16-26(3)17-23(33-24(26)32)27(19,4)14-15-29(18,30)6/h8,19-23,31H,9-17H2,1-7H3/t19-,20+,21-,22-,23+,26+,27+,28-,29+,30+/m0/s1. The summed E-state index contributed by atoms with van der Waals surface area (Å²) in [7, 11) is 0. The van der Waals surface area contributed by atoms with Crippen molar-refractivity contribution in [2.45, 2.75) is 118 Å². The molecule has 2 bridgehead atoms. The van der Waals surface area contributed by atoms with Crippen LogP contribution in [0.15, 0.2) is 11.6 Å². The number of carbonyl (C=O) groups excluding carboxylic acids is 1. The van der Waals surface area contributed by atoms with E-state index in [1.807, 2.05) is 0 Å². The van der Waals surface area contributed by atoms with Crippen LogP contribution in [0.25, 0.3) is 0 Å². The van der Waals surface area contributed by atoms with Crippen molar-refractivity contribution in [3.63, 3.8) is 0 Å². The third-order valence-corrected chi connectivity index (χ3v) is 13.6. The van der Waals surface area contributed by atoms with Crippen molar-refractivity contribution in [2.75, 3.05) is 0 Å². The Labute approximate surface area is 201 Å². The number of hydrogen-bond acceptors (Lipinski definition) is 3. The van der Waals surface area contributed by atoms with Gasteiger partial charge in [0, 0.05) is 11.8 Å². The molecular formula is C30H46O3. The number of carbonyl (C=O) groups is 1. The van der Waals surface area contributed by atoms with Gasteiger partial charge in [-0.1, -0.05) is 53.2 Å². The number of fused-ring (bicyclic) bond motifs is 10. The van der Waals surface area contributed by atoms with E-state index < -0.39 is 0 Å². The highest BCUT2D eigenvalue weighted by molar-refractivity contribution is 5.79. The molecule has 0 aromatic rings.